The molecule has 0 saturated carbocycles. The molecular formula is C14H21Cl2NO. The highest BCUT2D eigenvalue weighted by atomic mass is 35.5. The predicted octanol–water partition coefficient (Wildman–Crippen LogP) is 3.29. The SMILES string of the molecule is OCCCCc1ccc(N(CCCl)CCCl)cc1. The van der Waals surface area contributed by atoms with Gasteiger partial charge in [-0.05, 0) is 37.0 Å². The number of halogens is 2. The first-order chi connectivity index (χ1) is 8.81. The Kier molecular flexibility index (Phi) is 8.23. The van der Waals surface area contributed by atoms with Gasteiger partial charge in [-0.25, -0.2) is 0 Å². The fraction of sp³-hybridized carbons (Fsp3) is 0.571. The van der Waals surface area contributed by atoms with E-state index in [1.165, 1.54) is 11.3 Å². The molecule has 1 rings (SSSR count). The highest BCUT2D eigenvalue weighted by molar-refractivity contribution is 6.18. The molecule has 0 heterocycles. The minimum absolute atomic E-state index is 0.275. The van der Waals surface area contributed by atoms with Gasteiger partial charge in [-0.3, -0.25) is 0 Å². The maximum absolute atomic E-state index is 8.75. The van der Waals surface area contributed by atoms with Crippen molar-refractivity contribution >= 4 is 28.9 Å². The fourth-order valence-electron chi connectivity index (χ4n) is 1.89. The summed E-state index contributed by atoms with van der Waals surface area (Å²) in [6.45, 7) is 1.91. The Morgan fingerprint density at radius 3 is 2.06 bits per heavy atom. The van der Waals surface area contributed by atoms with Gasteiger partial charge in [0, 0.05) is 37.1 Å². The molecule has 1 aromatic carbocycles. The molecule has 0 aromatic heterocycles. The third-order valence-electron chi connectivity index (χ3n) is 2.88. The van der Waals surface area contributed by atoms with Gasteiger partial charge in [-0.2, -0.15) is 0 Å². The first-order valence-corrected chi connectivity index (χ1v) is 7.45. The Hall–Kier alpha value is -0.440. The Balaban J connectivity index is 2.56. The van der Waals surface area contributed by atoms with Crippen molar-refractivity contribution in [2.45, 2.75) is 19.3 Å². The lowest BCUT2D eigenvalue weighted by Crippen LogP contribution is -2.27. The van der Waals surface area contributed by atoms with Gasteiger partial charge in [-0.15, -0.1) is 23.2 Å². The molecule has 0 atom stereocenters. The molecule has 1 aromatic rings. The van der Waals surface area contributed by atoms with Crippen LogP contribution in [0.2, 0.25) is 0 Å². The lowest BCUT2D eigenvalue weighted by atomic mass is 10.1. The van der Waals surface area contributed by atoms with Crippen LogP contribution < -0.4 is 4.90 Å². The number of benzene rings is 1. The quantitative estimate of drug-likeness (QED) is 0.557. The van der Waals surface area contributed by atoms with Crippen LogP contribution in [-0.4, -0.2) is 36.6 Å². The average Bonchev–Trinajstić information content (AvgIpc) is 2.40. The summed E-state index contributed by atoms with van der Waals surface area (Å²) in [5.74, 6) is 1.21. The normalized spacial score (nSPS) is 10.6. The maximum atomic E-state index is 8.75. The van der Waals surface area contributed by atoms with E-state index < -0.39 is 0 Å². The molecule has 0 fully saturated rings. The van der Waals surface area contributed by atoms with Crippen molar-refractivity contribution in [3.63, 3.8) is 0 Å². The van der Waals surface area contributed by atoms with Gasteiger partial charge in [-0.1, -0.05) is 12.1 Å². The first kappa shape index (κ1) is 15.6. The summed E-state index contributed by atoms with van der Waals surface area (Å²) in [7, 11) is 0. The topological polar surface area (TPSA) is 23.5 Å². The Morgan fingerprint density at radius 1 is 0.944 bits per heavy atom. The van der Waals surface area contributed by atoms with Gasteiger partial charge in [0.2, 0.25) is 0 Å². The molecule has 0 aliphatic heterocycles. The second kappa shape index (κ2) is 9.48. The summed E-state index contributed by atoms with van der Waals surface area (Å²) in [6.07, 6.45) is 2.92. The number of hydrogen-bond acceptors (Lipinski definition) is 2. The van der Waals surface area contributed by atoms with E-state index in [2.05, 4.69) is 29.2 Å². The van der Waals surface area contributed by atoms with E-state index in [0.717, 1.165) is 32.4 Å². The first-order valence-electron chi connectivity index (χ1n) is 6.38. The van der Waals surface area contributed by atoms with E-state index in [1.807, 2.05) is 0 Å². The largest absolute Gasteiger partial charge is 0.396 e. The van der Waals surface area contributed by atoms with Crippen molar-refractivity contribution in [1.82, 2.24) is 0 Å². The fourth-order valence-corrected chi connectivity index (χ4v) is 2.30. The molecule has 18 heavy (non-hydrogen) atoms. The molecule has 0 unspecified atom stereocenters. The van der Waals surface area contributed by atoms with Crippen LogP contribution in [0.15, 0.2) is 24.3 Å². The van der Waals surface area contributed by atoms with Crippen LogP contribution >= 0.6 is 23.2 Å². The number of rotatable bonds is 9. The van der Waals surface area contributed by atoms with E-state index in [9.17, 15) is 0 Å². The number of aryl methyl sites for hydroxylation is 1. The molecule has 102 valence electrons. The summed E-state index contributed by atoms with van der Waals surface area (Å²) in [5, 5.41) is 8.75. The van der Waals surface area contributed by atoms with Gasteiger partial charge >= 0.3 is 0 Å². The van der Waals surface area contributed by atoms with Gasteiger partial charge in [0.15, 0.2) is 0 Å². The van der Waals surface area contributed by atoms with Crippen LogP contribution in [0.25, 0.3) is 0 Å². The molecule has 2 nitrogen and oxygen atoms in total. The van der Waals surface area contributed by atoms with Crippen molar-refractivity contribution in [1.29, 1.82) is 0 Å². The number of alkyl halides is 2. The highest BCUT2D eigenvalue weighted by Gasteiger charge is 2.04. The molecule has 0 aliphatic rings. The van der Waals surface area contributed by atoms with Crippen LogP contribution in [0.5, 0.6) is 0 Å². The maximum Gasteiger partial charge on any atom is 0.0431 e. The third kappa shape index (κ3) is 5.47. The molecule has 0 aliphatic carbocycles. The van der Waals surface area contributed by atoms with E-state index in [4.69, 9.17) is 28.3 Å². The average molecular weight is 290 g/mol. The zero-order valence-corrected chi connectivity index (χ0v) is 12.1. The standard InChI is InChI=1S/C14H21Cl2NO/c15-8-10-17(11-9-16)14-6-4-13(5-7-14)3-1-2-12-18/h4-7,18H,1-3,8-12H2. The molecular weight excluding hydrogens is 269 g/mol. The van der Waals surface area contributed by atoms with Crippen molar-refractivity contribution in [2.75, 3.05) is 36.4 Å². The predicted molar refractivity (Wildman–Crippen MR) is 80.1 cm³/mol. The zero-order valence-electron chi connectivity index (χ0n) is 10.6. The second-order valence-electron chi connectivity index (χ2n) is 4.21. The van der Waals surface area contributed by atoms with E-state index >= 15 is 0 Å². The number of nitrogens with zero attached hydrogens (tertiary/aromatic N) is 1. The van der Waals surface area contributed by atoms with E-state index in [0.29, 0.717) is 11.8 Å². The minimum atomic E-state index is 0.275. The highest BCUT2D eigenvalue weighted by Crippen LogP contribution is 2.16. The number of hydrogen-bond donors (Lipinski definition) is 1. The van der Waals surface area contributed by atoms with E-state index in [-0.39, 0.29) is 6.61 Å². The summed E-state index contributed by atoms with van der Waals surface area (Å²) < 4.78 is 0. The molecule has 0 spiro atoms. The van der Waals surface area contributed by atoms with Gasteiger partial charge in [0.1, 0.15) is 0 Å². The van der Waals surface area contributed by atoms with Crippen molar-refractivity contribution in [3.05, 3.63) is 29.8 Å². The number of aliphatic hydroxyl groups excluding tert-OH is 1. The van der Waals surface area contributed by atoms with Gasteiger partial charge in [0.25, 0.3) is 0 Å². The summed E-state index contributed by atoms with van der Waals surface area (Å²) >= 11 is 11.6. The summed E-state index contributed by atoms with van der Waals surface area (Å²) in [5.41, 5.74) is 2.48. The van der Waals surface area contributed by atoms with Crippen LogP contribution in [0.3, 0.4) is 0 Å². The zero-order chi connectivity index (χ0) is 13.2. The van der Waals surface area contributed by atoms with Crippen LogP contribution in [0.4, 0.5) is 5.69 Å². The van der Waals surface area contributed by atoms with E-state index in [1.54, 1.807) is 0 Å². The Morgan fingerprint density at radius 2 is 1.56 bits per heavy atom. The monoisotopic (exact) mass is 289 g/mol. The van der Waals surface area contributed by atoms with Crippen molar-refractivity contribution < 1.29 is 5.11 Å². The van der Waals surface area contributed by atoms with Crippen LogP contribution in [0, 0.1) is 0 Å². The lowest BCUT2D eigenvalue weighted by molar-refractivity contribution is 0.284. The summed E-state index contributed by atoms with van der Waals surface area (Å²) in [6, 6.07) is 8.52. The molecule has 4 heteroatoms. The Labute approximate surface area is 120 Å². The van der Waals surface area contributed by atoms with Gasteiger partial charge in [0.05, 0.1) is 0 Å². The molecule has 0 radical (unpaired) electrons. The Bertz CT molecular complexity index is 310. The number of aliphatic hydroxyl groups is 1. The van der Waals surface area contributed by atoms with Crippen LogP contribution in [-0.2, 0) is 6.42 Å². The van der Waals surface area contributed by atoms with Crippen LogP contribution in [0.1, 0.15) is 18.4 Å². The van der Waals surface area contributed by atoms with Gasteiger partial charge < -0.3 is 10.0 Å². The second-order valence-corrected chi connectivity index (χ2v) is 4.97. The molecule has 0 bridgehead atoms. The number of unbranched alkanes of at least 4 members (excludes halogenated alkanes) is 1. The number of anilines is 1. The molecule has 0 amide bonds. The third-order valence-corrected chi connectivity index (χ3v) is 3.22. The molecule has 0 saturated heterocycles. The summed E-state index contributed by atoms with van der Waals surface area (Å²) in [4.78, 5) is 2.19. The minimum Gasteiger partial charge on any atom is -0.396 e. The van der Waals surface area contributed by atoms with Crippen molar-refractivity contribution in [2.24, 2.45) is 0 Å². The lowest BCUT2D eigenvalue weighted by Gasteiger charge is -2.23. The smallest absolute Gasteiger partial charge is 0.0431 e. The molecule has 1 N–H and O–H groups in total. The van der Waals surface area contributed by atoms with Crippen molar-refractivity contribution in [3.8, 4) is 0 Å².